The van der Waals surface area contributed by atoms with E-state index in [4.69, 9.17) is 9.84 Å². The number of hydrogen-bond acceptors (Lipinski definition) is 4. The van der Waals surface area contributed by atoms with Crippen LogP contribution in [0.5, 0.6) is 0 Å². The van der Waals surface area contributed by atoms with Crippen molar-refractivity contribution in [3.8, 4) is 0 Å². The largest absolute Gasteiger partial charge is 0.467 e. The van der Waals surface area contributed by atoms with Crippen LogP contribution in [0.3, 0.4) is 0 Å². The zero-order chi connectivity index (χ0) is 13.8. The number of hydrogen-bond donors (Lipinski definition) is 1. The molecule has 0 spiro atoms. The van der Waals surface area contributed by atoms with E-state index in [1.165, 1.54) is 7.11 Å². The molecule has 1 aromatic rings. The molecule has 2 rings (SSSR count). The van der Waals surface area contributed by atoms with Gasteiger partial charge in [-0.25, -0.2) is 4.79 Å². The van der Waals surface area contributed by atoms with Crippen LogP contribution in [0, 0.1) is 0 Å². The lowest BCUT2D eigenvalue weighted by atomic mass is 10.1. The maximum atomic E-state index is 12.3. The van der Waals surface area contributed by atoms with Crippen LogP contribution >= 0.6 is 0 Å². The number of esters is 1. The van der Waals surface area contributed by atoms with E-state index in [0.29, 0.717) is 18.5 Å². The Bertz CT molecular complexity index is 469. The van der Waals surface area contributed by atoms with E-state index in [9.17, 15) is 9.59 Å². The minimum absolute atomic E-state index is 0.0526. The first-order valence-electron chi connectivity index (χ1n) is 6.26. The van der Waals surface area contributed by atoms with Crippen molar-refractivity contribution in [3.63, 3.8) is 0 Å². The minimum Gasteiger partial charge on any atom is -0.467 e. The summed E-state index contributed by atoms with van der Waals surface area (Å²) in [6.45, 7) is 0.517. The summed E-state index contributed by atoms with van der Waals surface area (Å²) in [5.74, 6) is -0.532. The predicted octanol–water partition coefficient (Wildman–Crippen LogP) is 0.956. The summed E-state index contributed by atoms with van der Waals surface area (Å²) in [5.41, 5.74) is 1.27. The number of methoxy groups -OCH3 is 1. The highest BCUT2D eigenvalue weighted by Crippen LogP contribution is 2.21. The standard InChI is InChI=1S/C14H17NO4/c1-19-14(18)12-3-2-8-15(12)13(17)11-6-4-10(9-16)5-7-11/h4-7,12,16H,2-3,8-9H2,1H3. The topological polar surface area (TPSA) is 66.8 Å². The first-order valence-corrected chi connectivity index (χ1v) is 6.26. The van der Waals surface area contributed by atoms with Crippen molar-refractivity contribution in [2.75, 3.05) is 13.7 Å². The fourth-order valence-electron chi connectivity index (χ4n) is 2.31. The highest BCUT2D eigenvalue weighted by molar-refractivity contribution is 5.97. The third-order valence-electron chi connectivity index (χ3n) is 3.37. The summed E-state index contributed by atoms with van der Waals surface area (Å²) in [4.78, 5) is 25.5. The lowest BCUT2D eigenvalue weighted by molar-refractivity contribution is -0.145. The second-order valence-electron chi connectivity index (χ2n) is 4.53. The van der Waals surface area contributed by atoms with E-state index >= 15 is 0 Å². The van der Waals surface area contributed by atoms with E-state index in [2.05, 4.69) is 0 Å². The molecule has 1 saturated heterocycles. The molecule has 1 aliphatic heterocycles. The molecule has 5 nitrogen and oxygen atoms in total. The first-order chi connectivity index (χ1) is 9.17. The molecule has 102 valence electrons. The SMILES string of the molecule is COC(=O)C1CCCN1C(=O)c1ccc(CO)cc1. The molecule has 0 saturated carbocycles. The molecule has 1 N–H and O–H groups in total. The van der Waals surface area contributed by atoms with Crippen molar-refractivity contribution in [1.82, 2.24) is 4.90 Å². The van der Waals surface area contributed by atoms with Gasteiger partial charge in [0.15, 0.2) is 0 Å². The molecular formula is C14H17NO4. The van der Waals surface area contributed by atoms with Crippen LogP contribution in [0.1, 0.15) is 28.8 Å². The molecule has 0 aromatic heterocycles. The first kappa shape index (κ1) is 13.5. The second-order valence-corrected chi connectivity index (χ2v) is 4.53. The zero-order valence-electron chi connectivity index (χ0n) is 10.8. The van der Waals surface area contributed by atoms with Gasteiger partial charge in [0.05, 0.1) is 13.7 Å². The van der Waals surface area contributed by atoms with E-state index in [0.717, 1.165) is 12.0 Å². The van der Waals surface area contributed by atoms with Crippen LogP contribution in [0.2, 0.25) is 0 Å². The molecule has 0 aliphatic carbocycles. The maximum absolute atomic E-state index is 12.3. The van der Waals surface area contributed by atoms with Gasteiger partial charge in [-0.3, -0.25) is 4.79 Å². The van der Waals surface area contributed by atoms with E-state index < -0.39 is 6.04 Å². The van der Waals surface area contributed by atoms with Gasteiger partial charge in [0, 0.05) is 12.1 Å². The molecular weight excluding hydrogens is 246 g/mol. The Morgan fingerprint density at radius 1 is 1.37 bits per heavy atom. The summed E-state index contributed by atoms with van der Waals surface area (Å²) in [6.07, 6.45) is 1.45. The monoisotopic (exact) mass is 263 g/mol. The smallest absolute Gasteiger partial charge is 0.328 e. The van der Waals surface area contributed by atoms with E-state index in [-0.39, 0.29) is 18.5 Å². The van der Waals surface area contributed by atoms with Gasteiger partial charge in [-0.2, -0.15) is 0 Å². The van der Waals surface area contributed by atoms with Crippen molar-refractivity contribution < 1.29 is 19.4 Å². The molecule has 1 aromatic carbocycles. The molecule has 0 bridgehead atoms. The average Bonchev–Trinajstić information content (AvgIpc) is 2.95. The molecule has 5 heteroatoms. The van der Waals surface area contributed by atoms with Gasteiger partial charge >= 0.3 is 5.97 Å². The molecule has 1 amide bonds. The molecule has 1 aliphatic rings. The van der Waals surface area contributed by atoms with Crippen LogP contribution in [0.15, 0.2) is 24.3 Å². The maximum Gasteiger partial charge on any atom is 0.328 e. The van der Waals surface area contributed by atoms with Gasteiger partial charge in [-0.05, 0) is 30.5 Å². The second kappa shape index (κ2) is 5.84. The van der Waals surface area contributed by atoms with Gasteiger partial charge in [0.2, 0.25) is 0 Å². The fraction of sp³-hybridized carbons (Fsp3) is 0.429. The molecule has 0 radical (unpaired) electrons. The number of carbonyl (C=O) groups excluding carboxylic acids is 2. The molecule has 19 heavy (non-hydrogen) atoms. The number of likely N-dealkylation sites (tertiary alicyclic amines) is 1. The summed E-state index contributed by atoms with van der Waals surface area (Å²) < 4.78 is 4.72. The Morgan fingerprint density at radius 2 is 2.05 bits per heavy atom. The predicted molar refractivity (Wildman–Crippen MR) is 68.4 cm³/mol. The van der Waals surface area contributed by atoms with Crippen molar-refractivity contribution in [3.05, 3.63) is 35.4 Å². The van der Waals surface area contributed by atoms with Gasteiger partial charge in [0.25, 0.3) is 5.91 Å². The quantitative estimate of drug-likeness (QED) is 0.825. The van der Waals surface area contributed by atoms with Gasteiger partial charge < -0.3 is 14.7 Å². The average molecular weight is 263 g/mol. The number of carbonyl (C=O) groups is 2. The molecule has 1 heterocycles. The van der Waals surface area contributed by atoms with Crippen LogP contribution in [-0.4, -0.2) is 41.6 Å². The summed E-state index contributed by atoms with van der Waals surface area (Å²) >= 11 is 0. The number of aliphatic hydroxyl groups excluding tert-OH is 1. The third kappa shape index (κ3) is 2.76. The Balaban J connectivity index is 2.15. The Labute approximate surface area is 111 Å². The minimum atomic E-state index is -0.477. The van der Waals surface area contributed by atoms with Gasteiger partial charge in [0.1, 0.15) is 6.04 Å². The number of nitrogens with zero attached hydrogens (tertiary/aromatic N) is 1. The van der Waals surface area contributed by atoms with Crippen LogP contribution < -0.4 is 0 Å². The van der Waals surface area contributed by atoms with Crippen LogP contribution in [0.25, 0.3) is 0 Å². The number of aliphatic hydroxyl groups is 1. The summed E-state index contributed by atoms with van der Waals surface area (Å²) in [5, 5.41) is 8.97. The van der Waals surface area contributed by atoms with Gasteiger partial charge in [-0.15, -0.1) is 0 Å². The zero-order valence-corrected chi connectivity index (χ0v) is 10.8. The lowest BCUT2D eigenvalue weighted by Crippen LogP contribution is -2.41. The van der Waals surface area contributed by atoms with Crippen molar-refractivity contribution in [1.29, 1.82) is 0 Å². The van der Waals surface area contributed by atoms with Crippen LogP contribution in [0.4, 0.5) is 0 Å². The normalized spacial score (nSPS) is 18.4. The summed E-state index contributed by atoms with van der Waals surface area (Å²) in [6, 6.07) is 6.27. The van der Waals surface area contributed by atoms with E-state index in [1.807, 2.05) is 0 Å². The Hall–Kier alpha value is -1.88. The third-order valence-corrected chi connectivity index (χ3v) is 3.37. The number of ether oxygens (including phenoxy) is 1. The van der Waals surface area contributed by atoms with Crippen molar-refractivity contribution >= 4 is 11.9 Å². The number of rotatable bonds is 3. The van der Waals surface area contributed by atoms with Crippen molar-refractivity contribution in [2.45, 2.75) is 25.5 Å². The highest BCUT2D eigenvalue weighted by Gasteiger charge is 2.35. The number of benzene rings is 1. The highest BCUT2D eigenvalue weighted by atomic mass is 16.5. The fourth-order valence-corrected chi connectivity index (χ4v) is 2.31. The Morgan fingerprint density at radius 3 is 2.63 bits per heavy atom. The Kier molecular flexibility index (Phi) is 4.16. The van der Waals surface area contributed by atoms with Crippen molar-refractivity contribution in [2.24, 2.45) is 0 Å². The molecule has 1 atom stereocenters. The van der Waals surface area contributed by atoms with Gasteiger partial charge in [-0.1, -0.05) is 12.1 Å². The summed E-state index contributed by atoms with van der Waals surface area (Å²) in [7, 11) is 1.33. The number of amides is 1. The lowest BCUT2D eigenvalue weighted by Gasteiger charge is -2.22. The molecule has 1 fully saturated rings. The van der Waals surface area contributed by atoms with E-state index in [1.54, 1.807) is 29.2 Å². The van der Waals surface area contributed by atoms with Crippen LogP contribution in [-0.2, 0) is 16.1 Å². The molecule has 1 unspecified atom stereocenters.